The molecule has 1 heterocycles. The molecule has 1 aromatic heterocycles. The van der Waals surface area contributed by atoms with E-state index >= 15 is 0 Å². The first-order chi connectivity index (χ1) is 9.30. The van der Waals surface area contributed by atoms with Crippen LogP contribution in [0.5, 0.6) is 0 Å². The number of hydrogen-bond donors (Lipinski definition) is 1. The molecule has 2 aromatic rings. The fourth-order valence-electron chi connectivity index (χ4n) is 1.80. The van der Waals surface area contributed by atoms with Gasteiger partial charge in [0.25, 0.3) is 0 Å². The molecule has 106 valence electrons. The third kappa shape index (κ3) is 2.63. The van der Waals surface area contributed by atoms with E-state index in [1.807, 2.05) is 0 Å². The van der Waals surface area contributed by atoms with Gasteiger partial charge in [0, 0.05) is 0 Å². The molecule has 0 amide bonds. The van der Waals surface area contributed by atoms with Crippen molar-refractivity contribution in [2.45, 2.75) is 19.6 Å². The van der Waals surface area contributed by atoms with Crippen LogP contribution in [0.1, 0.15) is 27.3 Å². The van der Waals surface area contributed by atoms with Gasteiger partial charge in [-0.15, -0.1) is 5.10 Å². The van der Waals surface area contributed by atoms with E-state index in [2.05, 4.69) is 10.3 Å². The monoisotopic (exact) mass is 285 g/mol. The lowest BCUT2D eigenvalue weighted by atomic mass is 10.1. The van der Waals surface area contributed by atoms with E-state index in [-0.39, 0.29) is 6.54 Å². The highest BCUT2D eigenvalue weighted by Gasteiger charge is 2.41. The van der Waals surface area contributed by atoms with Crippen molar-refractivity contribution >= 4 is 5.97 Å². The minimum absolute atomic E-state index is 0.193. The molecule has 0 aliphatic rings. The third-order valence-electron chi connectivity index (χ3n) is 2.79. The van der Waals surface area contributed by atoms with Gasteiger partial charge in [0.15, 0.2) is 5.69 Å². The van der Waals surface area contributed by atoms with Crippen molar-refractivity contribution in [3.63, 3.8) is 0 Å². The van der Waals surface area contributed by atoms with E-state index in [9.17, 15) is 18.0 Å². The van der Waals surface area contributed by atoms with Crippen molar-refractivity contribution in [3.8, 4) is 0 Å². The van der Waals surface area contributed by atoms with Gasteiger partial charge in [-0.2, -0.15) is 13.2 Å². The summed E-state index contributed by atoms with van der Waals surface area (Å²) in [6.07, 6.45) is -4.83. The number of carboxylic acid groups (broad SMARTS) is 1. The second-order valence-corrected chi connectivity index (χ2v) is 4.17. The van der Waals surface area contributed by atoms with E-state index in [0.717, 1.165) is 5.56 Å². The van der Waals surface area contributed by atoms with Crippen molar-refractivity contribution < 1.29 is 23.1 Å². The van der Waals surface area contributed by atoms with Crippen LogP contribution in [0.3, 0.4) is 0 Å². The number of carboxylic acids is 1. The van der Waals surface area contributed by atoms with Gasteiger partial charge in [-0.1, -0.05) is 29.5 Å². The number of rotatable bonds is 3. The summed E-state index contributed by atoms with van der Waals surface area (Å²) in [5.74, 6) is -1.76. The third-order valence-corrected chi connectivity index (χ3v) is 2.79. The highest BCUT2D eigenvalue weighted by molar-refractivity contribution is 5.86. The Balaban J connectivity index is 2.48. The van der Waals surface area contributed by atoms with Crippen LogP contribution in [0.25, 0.3) is 0 Å². The molecule has 0 spiro atoms. The van der Waals surface area contributed by atoms with E-state index < -0.39 is 23.5 Å². The first kappa shape index (κ1) is 14.0. The summed E-state index contributed by atoms with van der Waals surface area (Å²) >= 11 is 0. The summed E-state index contributed by atoms with van der Waals surface area (Å²) in [5.41, 5.74) is -1.05. The number of aryl methyl sites for hydroxylation is 1. The lowest BCUT2D eigenvalue weighted by Crippen LogP contribution is -2.19. The standard InChI is InChI=1S/C12H10F3N3O2/c1-7-4-2-3-5-8(7)6-18-10(12(13,14)15)9(11(19)20)16-17-18/h2-5H,6H2,1H3,(H,19,20). The summed E-state index contributed by atoms with van der Waals surface area (Å²) < 4.78 is 39.4. The van der Waals surface area contributed by atoms with Crippen LogP contribution in [0.4, 0.5) is 13.2 Å². The van der Waals surface area contributed by atoms with E-state index in [4.69, 9.17) is 5.11 Å². The minimum Gasteiger partial charge on any atom is -0.476 e. The molecule has 0 saturated carbocycles. The molecule has 0 saturated heterocycles. The molecule has 5 nitrogen and oxygen atoms in total. The zero-order valence-electron chi connectivity index (χ0n) is 10.3. The van der Waals surface area contributed by atoms with Gasteiger partial charge >= 0.3 is 12.1 Å². The summed E-state index contributed by atoms with van der Waals surface area (Å²) in [7, 11) is 0. The van der Waals surface area contributed by atoms with Crippen molar-refractivity contribution in [3.05, 3.63) is 46.8 Å². The van der Waals surface area contributed by atoms with Crippen LogP contribution < -0.4 is 0 Å². The van der Waals surface area contributed by atoms with Gasteiger partial charge in [0.2, 0.25) is 5.69 Å². The van der Waals surface area contributed by atoms with Gasteiger partial charge in [0.1, 0.15) is 0 Å². The Morgan fingerprint density at radius 2 is 2.00 bits per heavy atom. The number of nitrogens with zero attached hydrogens (tertiary/aromatic N) is 3. The van der Waals surface area contributed by atoms with Gasteiger partial charge in [-0.05, 0) is 18.1 Å². The summed E-state index contributed by atoms with van der Waals surface area (Å²) in [4.78, 5) is 10.8. The summed E-state index contributed by atoms with van der Waals surface area (Å²) in [5, 5.41) is 15.2. The highest BCUT2D eigenvalue weighted by atomic mass is 19.4. The smallest absolute Gasteiger partial charge is 0.435 e. The Bertz CT molecular complexity index is 650. The number of alkyl halides is 3. The highest BCUT2D eigenvalue weighted by Crippen LogP contribution is 2.31. The maximum absolute atomic E-state index is 12.9. The van der Waals surface area contributed by atoms with Crippen LogP contribution >= 0.6 is 0 Å². The molecule has 0 radical (unpaired) electrons. The molecule has 0 unspecified atom stereocenters. The predicted molar refractivity (Wildman–Crippen MR) is 62.3 cm³/mol. The fourth-order valence-corrected chi connectivity index (χ4v) is 1.80. The summed E-state index contributed by atoms with van der Waals surface area (Å²) in [6.45, 7) is 1.55. The van der Waals surface area contributed by atoms with Gasteiger partial charge < -0.3 is 5.11 Å². The number of halogens is 3. The molecule has 0 aliphatic carbocycles. The zero-order chi connectivity index (χ0) is 14.9. The average Bonchev–Trinajstić information content (AvgIpc) is 2.76. The lowest BCUT2D eigenvalue weighted by Gasteiger charge is -2.11. The molecular weight excluding hydrogens is 275 g/mol. The van der Waals surface area contributed by atoms with Crippen LogP contribution in [-0.2, 0) is 12.7 Å². The average molecular weight is 285 g/mol. The molecule has 8 heteroatoms. The lowest BCUT2D eigenvalue weighted by molar-refractivity contribution is -0.144. The van der Waals surface area contributed by atoms with E-state index in [1.54, 1.807) is 31.2 Å². The van der Waals surface area contributed by atoms with Crippen LogP contribution in [-0.4, -0.2) is 26.1 Å². The largest absolute Gasteiger partial charge is 0.476 e. The predicted octanol–water partition coefficient (Wildman–Crippen LogP) is 2.35. The SMILES string of the molecule is Cc1ccccc1Cn1nnc(C(=O)O)c1C(F)(F)F. The van der Waals surface area contributed by atoms with Gasteiger partial charge in [-0.25, -0.2) is 9.48 Å². The Morgan fingerprint density at radius 3 is 2.55 bits per heavy atom. The number of aromatic carboxylic acids is 1. The summed E-state index contributed by atoms with van der Waals surface area (Å²) in [6, 6.07) is 6.84. The topological polar surface area (TPSA) is 68.0 Å². The minimum atomic E-state index is -4.83. The Kier molecular flexibility index (Phi) is 3.47. The zero-order valence-corrected chi connectivity index (χ0v) is 10.3. The van der Waals surface area contributed by atoms with Crippen molar-refractivity contribution in [1.82, 2.24) is 15.0 Å². The number of hydrogen-bond acceptors (Lipinski definition) is 3. The van der Waals surface area contributed by atoms with Crippen LogP contribution in [0, 0.1) is 6.92 Å². The molecule has 2 rings (SSSR count). The van der Waals surface area contributed by atoms with Crippen molar-refractivity contribution in [2.24, 2.45) is 0 Å². The molecule has 20 heavy (non-hydrogen) atoms. The van der Waals surface area contributed by atoms with Crippen molar-refractivity contribution in [2.75, 3.05) is 0 Å². The van der Waals surface area contributed by atoms with Gasteiger partial charge in [0.05, 0.1) is 6.54 Å². The van der Waals surface area contributed by atoms with E-state index in [1.165, 1.54) is 0 Å². The first-order valence-electron chi connectivity index (χ1n) is 5.59. The second-order valence-electron chi connectivity index (χ2n) is 4.17. The molecule has 0 bridgehead atoms. The molecule has 1 aromatic carbocycles. The molecule has 0 atom stereocenters. The second kappa shape index (κ2) is 4.95. The Hall–Kier alpha value is -2.38. The van der Waals surface area contributed by atoms with Crippen LogP contribution in [0.15, 0.2) is 24.3 Å². The molecule has 0 fully saturated rings. The van der Waals surface area contributed by atoms with Gasteiger partial charge in [-0.3, -0.25) is 0 Å². The van der Waals surface area contributed by atoms with Crippen molar-refractivity contribution in [1.29, 1.82) is 0 Å². The normalized spacial score (nSPS) is 11.6. The Morgan fingerprint density at radius 1 is 1.35 bits per heavy atom. The number of benzene rings is 1. The first-order valence-corrected chi connectivity index (χ1v) is 5.59. The quantitative estimate of drug-likeness (QED) is 0.940. The number of carbonyl (C=O) groups is 1. The number of aromatic nitrogens is 3. The maximum Gasteiger partial charge on any atom is 0.435 e. The molecule has 1 N–H and O–H groups in total. The Labute approximate surface area is 111 Å². The van der Waals surface area contributed by atoms with E-state index in [0.29, 0.717) is 10.2 Å². The molecular formula is C12H10F3N3O2. The maximum atomic E-state index is 12.9. The van der Waals surface area contributed by atoms with Crippen LogP contribution in [0.2, 0.25) is 0 Å². The fraction of sp³-hybridized carbons (Fsp3) is 0.250. The molecule has 0 aliphatic heterocycles.